The Labute approximate surface area is 321 Å². The highest BCUT2D eigenvalue weighted by molar-refractivity contribution is 5.76. The molecule has 314 valence electrons. The fourth-order valence-electron chi connectivity index (χ4n) is 6.84. The number of unbranched alkanes of at least 4 members (excludes halogenated alkanes) is 20. The number of nitrogens with one attached hydrogen (secondary N) is 2. The number of aliphatic hydroxyl groups excluding tert-OH is 6. The van der Waals surface area contributed by atoms with Gasteiger partial charge in [0.15, 0.2) is 6.29 Å². The lowest BCUT2D eigenvalue weighted by Crippen LogP contribution is -2.60. The van der Waals surface area contributed by atoms with Gasteiger partial charge >= 0.3 is 0 Å². The molecule has 0 radical (unpaired) electrons. The van der Waals surface area contributed by atoms with Gasteiger partial charge < -0.3 is 50.7 Å². The third-order valence-electron chi connectivity index (χ3n) is 10.5. The van der Waals surface area contributed by atoms with E-state index in [1.165, 1.54) is 51.4 Å². The van der Waals surface area contributed by atoms with Gasteiger partial charge in [0.1, 0.15) is 30.5 Å². The second kappa shape index (κ2) is 32.8. The van der Waals surface area contributed by atoms with Gasteiger partial charge in [-0.1, -0.05) is 142 Å². The van der Waals surface area contributed by atoms with Gasteiger partial charge in [-0.2, -0.15) is 0 Å². The number of amides is 2. The first-order valence-corrected chi connectivity index (χ1v) is 21.5. The van der Waals surface area contributed by atoms with E-state index in [-0.39, 0.29) is 24.8 Å². The van der Waals surface area contributed by atoms with E-state index in [9.17, 15) is 40.2 Å². The van der Waals surface area contributed by atoms with E-state index in [0.29, 0.717) is 19.3 Å². The van der Waals surface area contributed by atoms with Crippen molar-refractivity contribution < 1.29 is 49.7 Å². The highest BCUT2D eigenvalue weighted by Gasteiger charge is 2.44. The molecule has 0 aromatic rings. The Balaban J connectivity index is 2.43. The minimum absolute atomic E-state index is 0.149. The van der Waals surface area contributed by atoms with Crippen LogP contribution in [-0.2, 0) is 19.1 Å². The minimum atomic E-state index is -1.62. The van der Waals surface area contributed by atoms with Gasteiger partial charge in [-0.25, -0.2) is 0 Å². The number of carbonyl (C=O) groups is 2. The third kappa shape index (κ3) is 24.0. The van der Waals surface area contributed by atoms with E-state index in [2.05, 4.69) is 24.5 Å². The molecule has 1 aliphatic rings. The van der Waals surface area contributed by atoms with Crippen LogP contribution in [0.4, 0.5) is 0 Å². The summed E-state index contributed by atoms with van der Waals surface area (Å²) in [7, 11) is 0. The second-order valence-electron chi connectivity index (χ2n) is 15.3. The van der Waals surface area contributed by atoms with Crippen molar-refractivity contribution in [3.05, 3.63) is 0 Å². The highest BCUT2D eigenvalue weighted by atomic mass is 16.7. The first kappa shape index (κ1) is 49.6. The summed E-state index contributed by atoms with van der Waals surface area (Å²) in [5.74, 6) is -0.137. The van der Waals surface area contributed by atoms with Crippen molar-refractivity contribution >= 4 is 11.8 Å². The van der Waals surface area contributed by atoms with E-state index >= 15 is 0 Å². The van der Waals surface area contributed by atoms with Crippen LogP contribution in [0.2, 0.25) is 0 Å². The summed E-state index contributed by atoms with van der Waals surface area (Å²) in [6.45, 7) is 4.14. The number of ether oxygens (including phenoxy) is 2. The molecule has 1 saturated heterocycles. The maximum atomic E-state index is 12.9. The van der Waals surface area contributed by atoms with Crippen LogP contribution in [0.15, 0.2) is 0 Å². The summed E-state index contributed by atoms with van der Waals surface area (Å²) in [5, 5.41) is 67.9. The number of rotatable bonds is 35. The summed E-state index contributed by atoms with van der Waals surface area (Å²) in [6, 6.07) is -1.01. The maximum absolute atomic E-state index is 12.9. The lowest BCUT2D eigenvalue weighted by atomic mass is 9.98. The Bertz CT molecular complexity index is 882. The molecular formula is C41H80N2O10. The molecule has 0 saturated carbocycles. The molecular weight excluding hydrogens is 680 g/mol. The number of hydrogen-bond acceptors (Lipinski definition) is 10. The molecule has 1 aliphatic heterocycles. The smallest absolute Gasteiger partial charge is 0.220 e. The molecule has 0 aromatic heterocycles. The van der Waals surface area contributed by atoms with Crippen LogP contribution < -0.4 is 10.6 Å². The average Bonchev–Trinajstić information content (AvgIpc) is 3.15. The summed E-state index contributed by atoms with van der Waals surface area (Å²) in [4.78, 5) is 24.6. The number of hydrogen-bond donors (Lipinski definition) is 8. The molecule has 2 amide bonds. The van der Waals surface area contributed by atoms with E-state index in [1.54, 1.807) is 0 Å². The van der Waals surface area contributed by atoms with Crippen molar-refractivity contribution in [3.63, 3.8) is 0 Å². The van der Waals surface area contributed by atoms with Crippen molar-refractivity contribution in [1.82, 2.24) is 10.6 Å². The molecule has 12 nitrogen and oxygen atoms in total. The second-order valence-corrected chi connectivity index (χ2v) is 15.3. The predicted octanol–water partition coefficient (Wildman–Crippen LogP) is 5.31. The van der Waals surface area contributed by atoms with Gasteiger partial charge in [0.25, 0.3) is 0 Å². The predicted molar refractivity (Wildman–Crippen MR) is 208 cm³/mol. The fourth-order valence-corrected chi connectivity index (χ4v) is 6.84. The maximum Gasteiger partial charge on any atom is 0.220 e. The van der Waals surface area contributed by atoms with E-state index in [4.69, 9.17) is 9.47 Å². The van der Waals surface area contributed by atoms with Crippen molar-refractivity contribution in [2.24, 2.45) is 0 Å². The molecule has 53 heavy (non-hydrogen) atoms. The van der Waals surface area contributed by atoms with Gasteiger partial charge in [-0.05, 0) is 25.7 Å². The van der Waals surface area contributed by atoms with Crippen molar-refractivity contribution in [1.29, 1.82) is 0 Å². The third-order valence-corrected chi connectivity index (χ3v) is 10.5. The van der Waals surface area contributed by atoms with Gasteiger partial charge in [0.05, 0.1) is 25.4 Å². The molecule has 0 aromatic carbocycles. The van der Waals surface area contributed by atoms with Crippen LogP contribution in [0.3, 0.4) is 0 Å². The van der Waals surface area contributed by atoms with Gasteiger partial charge in [0.2, 0.25) is 11.8 Å². The normalized spacial score (nSPS) is 22.0. The lowest BCUT2D eigenvalue weighted by Gasteiger charge is -2.40. The standard InChI is InChI=1S/C41H80N2O10/c1-3-5-7-8-9-10-11-12-14-17-20-23-26-33(45)37(48)32(31-52-41-40(51)39(50)38(49)34(30-44)53-41)43-36(47)28-24-21-18-15-13-16-19-22-25-29-42-35(46)27-6-4-2/h32-34,37-41,44-45,48-51H,3-31H2,1-2H3,(H,42,46)(H,43,47)/t32-,33+,34?,37-,38-,39-,40?,41-/m0/s1. The van der Waals surface area contributed by atoms with Crippen LogP contribution in [0.25, 0.3) is 0 Å². The van der Waals surface area contributed by atoms with Crippen LogP contribution in [0.1, 0.15) is 181 Å². The Hall–Kier alpha value is -1.38. The average molecular weight is 761 g/mol. The summed E-state index contributed by atoms with van der Waals surface area (Å²) in [5.41, 5.74) is 0. The van der Waals surface area contributed by atoms with Gasteiger partial charge in [0, 0.05) is 19.4 Å². The Morgan fingerprint density at radius 1 is 0.623 bits per heavy atom. The molecule has 2 unspecified atom stereocenters. The van der Waals surface area contributed by atoms with E-state index in [1.807, 2.05) is 0 Å². The summed E-state index contributed by atoms with van der Waals surface area (Å²) in [6.07, 6.45) is 16.9. The number of carbonyl (C=O) groups excluding carboxylic acids is 2. The van der Waals surface area contributed by atoms with E-state index in [0.717, 1.165) is 96.4 Å². The molecule has 8 atom stereocenters. The zero-order valence-electron chi connectivity index (χ0n) is 33.4. The zero-order valence-corrected chi connectivity index (χ0v) is 33.4. The van der Waals surface area contributed by atoms with Gasteiger partial charge in [-0.3, -0.25) is 9.59 Å². The molecule has 0 aliphatic carbocycles. The highest BCUT2D eigenvalue weighted by Crippen LogP contribution is 2.23. The topological polar surface area (TPSA) is 198 Å². The summed E-state index contributed by atoms with van der Waals surface area (Å²) >= 11 is 0. The summed E-state index contributed by atoms with van der Waals surface area (Å²) < 4.78 is 11.1. The quantitative estimate of drug-likeness (QED) is 0.0392. The van der Waals surface area contributed by atoms with Crippen LogP contribution in [-0.4, -0.2) is 111 Å². The molecule has 12 heteroatoms. The molecule has 8 N–H and O–H groups in total. The molecule has 1 fully saturated rings. The Morgan fingerprint density at radius 3 is 1.66 bits per heavy atom. The van der Waals surface area contributed by atoms with Crippen LogP contribution in [0.5, 0.6) is 0 Å². The Morgan fingerprint density at radius 2 is 1.11 bits per heavy atom. The van der Waals surface area contributed by atoms with Crippen molar-refractivity contribution in [2.45, 2.75) is 230 Å². The van der Waals surface area contributed by atoms with Crippen LogP contribution >= 0.6 is 0 Å². The molecule has 1 rings (SSSR count). The van der Waals surface area contributed by atoms with Crippen molar-refractivity contribution in [2.75, 3.05) is 19.8 Å². The van der Waals surface area contributed by atoms with Crippen molar-refractivity contribution in [3.8, 4) is 0 Å². The first-order valence-electron chi connectivity index (χ1n) is 21.5. The largest absolute Gasteiger partial charge is 0.394 e. The van der Waals surface area contributed by atoms with Crippen LogP contribution in [0, 0.1) is 0 Å². The molecule has 0 spiro atoms. The minimum Gasteiger partial charge on any atom is -0.394 e. The Kier molecular flexibility index (Phi) is 30.7. The van der Waals surface area contributed by atoms with E-state index < -0.39 is 55.6 Å². The molecule has 1 heterocycles. The first-order chi connectivity index (χ1) is 25.7. The lowest BCUT2D eigenvalue weighted by molar-refractivity contribution is -0.303. The number of aliphatic hydroxyl groups is 6. The SMILES string of the molecule is CCCCCCCCCCCCCC[C@@H](O)[C@@H](O)[C@H](CO[C@H]1OC(CO)[C@H](O)[C@H](O)C1O)NC(=O)CCCCCCCCCCCNC(=O)CCCC. The van der Waals surface area contributed by atoms with Gasteiger partial charge in [-0.15, -0.1) is 0 Å². The monoisotopic (exact) mass is 761 g/mol. The zero-order chi connectivity index (χ0) is 39.1. The molecule has 0 bridgehead atoms. The fraction of sp³-hybridized carbons (Fsp3) is 0.951.